The number of benzene rings is 1. The van der Waals surface area contributed by atoms with Crippen molar-refractivity contribution in [1.82, 2.24) is 19.7 Å². The van der Waals surface area contributed by atoms with E-state index >= 15 is 0 Å². The summed E-state index contributed by atoms with van der Waals surface area (Å²) in [6.45, 7) is -0.534. The molecule has 0 unspecified atom stereocenters. The number of nitrogens with zero attached hydrogens (tertiary/aromatic N) is 3. The molecule has 124 valence electrons. The van der Waals surface area contributed by atoms with Crippen LogP contribution in [0.5, 0.6) is 0 Å². The molecule has 2 aromatic heterocycles. The largest absolute Gasteiger partial charge is 0.310 e. The van der Waals surface area contributed by atoms with Gasteiger partial charge in [-0.05, 0) is 23.6 Å². The van der Waals surface area contributed by atoms with Crippen LogP contribution in [0.15, 0.2) is 35.3 Å². The highest BCUT2D eigenvalue weighted by Gasteiger charge is 2.18. The molecule has 0 spiro atoms. The van der Waals surface area contributed by atoms with Gasteiger partial charge in [0.2, 0.25) is 0 Å². The van der Waals surface area contributed by atoms with Crippen LogP contribution >= 0.6 is 0 Å². The van der Waals surface area contributed by atoms with Gasteiger partial charge in [0.15, 0.2) is 5.65 Å². The number of fused-ring (bicyclic) bond motifs is 1. The first-order valence-electron chi connectivity index (χ1n) is 8.37. The first-order chi connectivity index (χ1) is 11.7. The zero-order chi connectivity index (χ0) is 16.5. The van der Waals surface area contributed by atoms with Crippen LogP contribution in [0.2, 0.25) is 0 Å². The third-order valence-corrected chi connectivity index (χ3v) is 4.75. The van der Waals surface area contributed by atoms with Gasteiger partial charge in [0.1, 0.15) is 17.9 Å². The van der Waals surface area contributed by atoms with Crippen molar-refractivity contribution in [2.45, 2.75) is 38.8 Å². The average Bonchev–Trinajstić information content (AvgIpc) is 3.25. The van der Waals surface area contributed by atoms with Crippen LogP contribution in [0.3, 0.4) is 0 Å². The molecule has 1 aliphatic carbocycles. The SMILES string of the molecule is O=c1[nH]c(CC2CCCC2)nc2c1cnn2-c1cccc(CF)c1. The van der Waals surface area contributed by atoms with Gasteiger partial charge in [-0.15, -0.1) is 0 Å². The summed E-state index contributed by atoms with van der Waals surface area (Å²) in [6, 6.07) is 7.07. The molecule has 0 radical (unpaired) electrons. The molecule has 2 heterocycles. The van der Waals surface area contributed by atoms with E-state index in [1.54, 1.807) is 22.9 Å². The fourth-order valence-electron chi connectivity index (χ4n) is 3.51. The molecule has 0 bridgehead atoms. The maximum Gasteiger partial charge on any atom is 0.262 e. The molecular weight excluding hydrogens is 307 g/mol. The maximum atomic E-state index is 12.9. The molecule has 4 rings (SSSR count). The molecule has 0 amide bonds. The first-order valence-corrected chi connectivity index (χ1v) is 8.37. The summed E-state index contributed by atoms with van der Waals surface area (Å²) >= 11 is 0. The Bertz CT molecular complexity index is 924. The second-order valence-electron chi connectivity index (χ2n) is 6.46. The third-order valence-electron chi connectivity index (χ3n) is 4.75. The van der Waals surface area contributed by atoms with Crippen molar-refractivity contribution in [3.05, 3.63) is 52.2 Å². The highest BCUT2D eigenvalue weighted by molar-refractivity contribution is 5.75. The van der Waals surface area contributed by atoms with Crippen LogP contribution in [0.1, 0.15) is 37.1 Å². The molecule has 6 heteroatoms. The second kappa shape index (κ2) is 6.19. The molecule has 1 aliphatic rings. The van der Waals surface area contributed by atoms with Crippen LogP contribution in [-0.2, 0) is 13.1 Å². The smallest absolute Gasteiger partial charge is 0.262 e. The van der Waals surface area contributed by atoms with Gasteiger partial charge in [0.05, 0.1) is 11.9 Å². The number of H-pyrrole nitrogens is 1. The molecule has 24 heavy (non-hydrogen) atoms. The Balaban J connectivity index is 1.78. The Morgan fingerprint density at radius 2 is 2.12 bits per heavy atom. The molecule has 0 atom stereocenters. The number of halogens is 1. The van der Waals surface area contributed by atoms with E-state index in [0.717, 1.165) is 6.42 Å². The Kier molecular flexibility index (Phi) is 3.88. The topological polar surface area (TPSA) is 63.6 Å². The zero-order valence-electron chi connectivity index (χ0n) is 13.3. The summed E-state index contributed by atoms with van der Waals surface area (Å²) < 4.78 is 14.5. The van der Waals surface area contributed by atoms with Crippen LogP contribution in [0, 0.1) is 5.92 Å². The van der Waals surface area contributed by atoms with Gasteiger partial charge >= 0.3 is 0 Å². The van der Waals surface area contributed by atoms with E-state index in [1.165, 1.54) is 31.9 Å². The minimum atomic E-state index is -0.534. The van der Waals surface area contributed by atoms with E-state index in [2.05, 4.69) is 15.1 Å². The summed E-state index contributed by atoms with van der Waals surface area (Å²) in [5.41, 5.74) is 1.65. The Morgan fingerprint density at radius 1 is 1.29 bits per heavy atom. The number of aromatic amines is 1. The van der Waals surface area contributed by atoms with E-state index in [-0.39, 0.29) is 5.56 Å². The second-order valence-corrected chi connectivity index (χ2v) is 6.46. The highest BCUT2D eigenvalue weighted by atomic mass is 19.1. The molecule has 1 fully saturated rings. The zero-order valence-corrected chi connectivity index (χ0v) is 13.3. The standard InChI is InChI=1S/C18H19FN4O/c19-10-13-6-3-7-14(8-13)23-17-15(11-20-23)18(24)22-16(21-17)9-12-4-1-2-5-12/h3,6-8,11-12H,1-2,4-5,9-10H2,(H,21,22,24). The van der Waals surface area contributed by atoms with Crippen LogP contribution in [0.4, 0.5) is 4.39 Å². The lowest BCUT2D eigenvalue weighted by molar-refractivity contribution is 0.485. The molecule has 0 aliphatic heterocycles. The molecular formula is C18H19FN4O. The van der Waals surface area contributed by atoms with Crippen molar-refractivity contribution in [3.63, 3.8) is 0 Å². The molecule has 1 aromatic carbocycles. The predicted octanol–water partition coefficient (Wildman–Crippen LogP) is 3.31. The summed E-state index contributed by atoms with van der Waals surface area (Å²) in [4.78, 5) is 19.9. The molecule has 5 nitrogen and oxygen atoms in total. The van der Waals surface area contributed by atoms with Gasteiger partial charge in [0.25, 0.3) is 5.56 Å². The Labute approximate surface area is 138 Å². The van der Waals surface area contributed by atoms with Gasteiger partial charge in [0, 0.05) is 6.42 Å². The highest BCUT2D eigenvalue weighted by Crippen LogP contribution is 2.27. The monoisotopic (exact) mass is 326 g/mol. The van der Waals surface area contributed by atoms with Crippen molar-refractivity contribution in [2.75, 3.05) is 0 Å². The van der Waals surface area contributed by atoms with Crippen molar-refractivity contribution >= 4 is 11.0 Å². The molecule has 1 saturated carbocycles. The van der Waals surface area contributed by atoms with Gasteiger partial charge in [-0.25, -0.2) is 14.1 Å². The van der Waals surface area contributed by atoms with Crippen LogP contribution in [-0.4, -0.2) is 19.7 Å². The number of hydrogen-bond acceptors (Lipinski definition) is 3. The van der Waals surface area contributed by atoms with Crippen molar-refractivity contribution in [3.8, 4) is 5.69 Å². The average molecular weight is 326 g/mol. The minimum Gasteiger partial charge on any atom is -0.310 e. The summed E-state index contributed by atoms with van der Waals surface area (Å²) in [7, 11) is 0. The van der Waals surface area contributed by atoms with Crippen LogP contribution in [0.25, 0.3) is 16.7 Å². The number of alkyl halides is 1. The Hall–Kier alpha value is -2.50. The van der Waals surface area contributed by atoms with E-state index < -0.39 is 6.67 Å². The maximum absolute atomic E-state index is 12.9. The van der Waals surface area contributed by atoms with Crippen molar-refractivity contribution in [1.29, 1.82) is 0 Å². The van der Waals surface area contributed by atoms with E-state index in [9.17, 15) is 9.18 Å². The predicted molar refractivity (Wildman–Crippen MR) is 90.0 cm³/mol. The van der Waals surface area contributed by atoms with Crippen LogP contribution < -0.4 is 5.56 Å². The summed E-state index contributed by atoms with van der Waals surface area (Å²) in [5.74, 6) is 1.31. The first kappa shape index (κ1) is 15.1. The summed E-state index contributed by atoms with van der Waals surface area (Å²) in [5, 5.41) is 4.74. The summed E-state index contributed by atoms with van der Waals surface area (Å²) in [6.07, 6.45) is 7.21. The van der Waals surface area contributed by atoms with E-state index in [1.807, 2.05) is 6.07 Å². The lowest BCUT2D eigenvalue weighted by Crippen LogP contribution is -2.14. The normalized spacial score (nSPS) is 15.4. The lowest BCUT2D eigenvalue weighted by atomic mass is 10.0. The lowest BCUT2D eigenvalue weighted by Gasteiger charge is -2.09. The molecule has 0 saturated heterocycles. The number of nitrogens with one attached hydrogen (secondary N) is 1. The minimum absolute atomic E-state index is 0.166. The number of rotatable bonds is 4. The fraction of sp³-hybridized carbons (Fsp3) is 0.389. The Morgan fingerprint density at radius 3 is 2.92 bits per heavy atom. The van der Waals surface area contributed by atoms with Gasteiger partial charge in [-0.1, -0.05) is 37.8 Å². The number of aromatic nitrogens is 4. The van der Waals surface area contributed by atoms with Gasteiger partial charge in [-0.2, -0.15) is 5.10 Å². The van der Waals surface area contributed by atoms with Gasteiger partial charge < -0.3 is 4.98 Å². The van der Waals surface area contributed by atoms with Crippen molar-refractivity contribution in [2.24, 2.45) is 5.92 Å². The number of hydrogen-bond donors (Lipinski definition) is 1. The molecule has 3 aromatic rings. The van der Waals surface area contributed by atoms with Gasteiger partial charge in [-0.3, -0.25) is 4.79 Å². The molecule has 1 N–H and O–H groups in total. The fourth-order valence-corrected chi connectivity index (χ4v) is 3.51. The van der Waals surface area contributed by atoms with Crippen molar-refractivity contribution < 1.29 is 4.39 Å². The quantitative estimate of drug-likeness (QED) is 0.800. The van der Waals surface area contributed by atoms with E-state index in [0.29, 0.717) is 34.0 Å². The van der Waals surface area contributed by atoms with E-state index in [4.69, 9.17) is 0 Å². The third kappa shape index (κ3) is 2.72.